The van der Waals surface area contributed by atoms with Gasteiger partial charge in [-0.25, -0.2) is 4.79 Å². The molecule has 0 fully saturated rings. The maximum absolute atomic E-state index is 10.9. The van der Waals surface area contributed by atoms with Gasteiger partial charge in [0.05, 0.1) is 5.75 Å². The van der Waals surface area contributed by atoms with Crippen LogP contribution in [0.2, 0.25) is 0 Å². The van der Waals surface area contributed by atoms with Crippen LogP contribution in [-0.2, 0) is 0 Å². The quantitative estimate of drug-likeness (QED) is 0.657. The molecule has 0 atom stereocenters. The van der Waals surface area contributed by atoms with Crippen LogP contribution in [0.15, 0.2) is 28.3 Å². The maximum atomic E-state index is 10.9. The molecule has 0 saturated heterocycles. The first-order valence-electron chi connectivity index (χ1n) is 3.94. The van der Waals surface area contributed by atoms with Crippen LogP contribution >= 0.6 is 27.7 Å². The van der Waals surface area contributed by atoms with E-state index < -0.39 is 5.97 Å². The fourth-order valence-corrected chi connectivity index (χ4v) is 3.06. The third kappa shape index (κ3) is 2.26. The molecule has 80 valence electrons. The van der Waals surface area contributed by atoms with Gasteiger partial charge in [0.15, 0.2) is 6.20 Å². The van der Waals surface area contributed by atoms with Crippen molar-refractivity contribution >= 4 is 39.4 Å². The first-order chi connectivity index (χ1) is 6.74. The first-order valence-corrected chi connectivity index (χ1v) is 5.84. The summed E-state index contributed by atoms with van der Waals surface area (Å²) >= 11 is 4.80. The molecule has 2 heterocycles. The molecule has 0 amide bonds. The SMILES string of the molecule is O=C(O)c1ccc[n+]2c1SCC2=CBr.[Br-]. The van der Waals surface area contributed by atoms with E-state index in [1.807, 2.05) is 15.7 Å². The van der Waals surface area contributed by atoms with E-state index in [1.54, 1.807) is 12.1 Å². The standard InChI is InChI=1S/C9H6BrNO2S.BrH/c10-4-6-5-14-8-7(9(12)13)2-1-3-11(6)8;/h1-4H,5H2;1H. The molecule has 0 spiro atoms. The van der Waals surface area contributed by atoms with Gasteiger partial charge in [0.1, 0.15) is 5.56 Å². The molecule has 0 bridgehead atoms. The lowest BCUT2D eigenvalue weighted by Gasteiger charge is -1.95. The van der Waals surface area contributed by atoms with Crippen molar-refractivity contribution in [1.29, 1.82) is 0 Å². The minimum Gasteiger partial charge on any atom is -1.00 e. The highest BCUT2D eigenvalue weighted by atomic mass is 79.9. The summed E-state index contributed by atoms with van der Waals surface area (Å²) < 4.78 is 1.89. The van der Waals surface area contributed by atoms with Crippen molar-refractivity contribution in [3.63, 3.8) is 0 Å². The molecule has 1 N–H and O–H groups in total. The van der Waals surface area contributed by atoms with Gasteiger partial charge in [-0.15, -0.1) is 0 Å². The van der Waals surface area contributed by atoms with Gasteiger partial charge in [-0.3, -0.25) is 0 Å². The van der Waals surface area contributed by atoms with E-state index in [-0.39, 0.29) is 17.0 Å². The Hall–Kier alpha value is -0.330. The van der Waals surface area contributed by atoms with Crippen LogP contribution < -0.4 is 21.5 Å². The number of carbonyl (C=O) groups is 1. The molecule has 1 aromatic heterocycles. The Morgan fingerprint density at radius 1 is 1.67 bits per heavy atom. The molecular weight excluding hydrogens is 346 g/mol. The molecule has 0 aromatic carbocycles. The van der Waals surface area contributed by atoms with Gasteiger partial charge >= 0.3 is 5.97 Å². The summed E-state index contributed by atoms with van der Waals surface area (Å²) in [6.07, 6.45) is 1.87. The Bertz CT molecular complexity index is 434. The molecule has 3 nitrogen and oxygen atoms in total. The lowest BCUT2D eigenvalue weighted by molar-refractivity contribution is -0.618. The van der Waals surface area contributed by atoms with E-state index in [9.17, 15) is 4.79 Å². The van der Waals surface area contributed by atoms with Gasteiger partial charge < -0.3 is 22.1 Å². The molecule has 0 aliphatic carbocycles. The summed E-state index contributed by atoms with van der Waals surface area (Å²) in [5.41, 5.74) is 1.43. The van der Waals surface area contributed by atoms with Gasteiger partial charge in [-0.1, -0.05) is 15.9 Å². The number of rotatable bonds is 1. The molecule has 0 radical (unpaired) electrons. The molecule has 2 rings (SSSR count). The number of carboxylic acid groups (broad SMARTS) is 1. The Morgan fingerprint density at radius 2 is 2.40 bits per heavy atom. The third-order valence-electron chi connectivity index (χ3n) is 1.97. The van der Waals surface area contributed by atoms with E-state index in [2.05, 4.69) is 15.9 Å². The number of nitrogens with zero attached hydrogens (tertiary/aromatic N) is 1. The number of aromatic nitrogens is 1. The van der Waals surface area contributed by atoms with Crippen molar-refractivity contribution in [2.45, 2.75) is 5.03 Å². The average Bonchev–Trinajstić information content (AvgIpc) is 2.59. The highest BCUT2D eigenvalue weighted by molar-refractivity contribution is 9.11. The zero-order valence-corrected chi connectivity index (χ0v) is 11.5. The lowest BCUT2D eigenvalue weighted by atomic mass is 10.3. The number of halogens is 2. The summed E-state index contributed by atoms with van der Waals surface area (Å²) in [6, 6.07) is 3.37. The normalized spacial score (nSPS) is 15.9. The number of carboxylic acids is 1. The molecule has 0 unspecified atom stereocenters. The average molecular weight is 353 g/mol. The van der Waals surface area contributed by atoms with Crippen LogP contribution in [0, 0.1) is 0 Å². The summed E-state index contributed by atoms with van der Waals surface area (Å²) in [4.78, 5) is 12.7. The van der Waals surface area contributed by atoms with Crippen LogP contribution in [0.25, 0.3) is 5.70 Å². The fourth-order valence-electron chi connectivity index (χ4n) is 1.33. The molecule has 0 saturated carbocycles. The van der Waals surface area contributed by atoms with E-state index in [1.165, 1.54) is 11.8 Å². The molecule has 15 heavy (non-hydrogen) atoms. The highest BCUT2D eigenvalue weighted by Gasteiger charge is 2.30. The van der Waals surface area contributed by atoms with Gasteiger partial charge in [-0.2, -0.15) is 4.57 Å². The topological polar surface area (TPSA) is 41.2 Å². The molecular formula is C9H7Br2NO2S. The van der Waals surface area contributed by atoms with Crippen molar-refractivity contribution in [2.24, 2.45) is 0 Å². The van der Waals surface area contributed by atoms with Crippen LogP contribution in [0.4, 0.5) is 0 Å². The summed E-state index contributed by atoms with van der Waals surface area (Å²) in [7, 11) is 0. The van der Waals surface area contributed by atoms with E-state index >= 15 is 0 Å². The maximum Gasteiger partial charge on any atom is 0.343 e. The second-order valence-corrected chi connectivity index (χ2v) is 4.21. The fraction of sp³-hybridized carbons (Fsp3) is 0.111. The van der Waals surface area contributed by atoms with E-state index in [0.29, 0.717) is 5.56 Å². The highest BCUT2D eigenvalue weighted by Crippen LogP contribution is 2.28. The van der Waals surface area contributed by atoms with E-state index in [0.717, 1.165) is 16.5 Å². The Balaban J connectivity index is 0.00000112. The molecule has 1 aliphatic rings. The van der Waals surface area contributed by atoms with Gasteiger partial charge in [0, 0.05) is 11.1 Å². The van der Waals surface area contributed by atoms with Crippen molar-refractivity contribution in [2.75, 3.05) is 5.75 Å². The summed E-state index contributed by atoms with van der Waals surface area (Å²) in [5.74, 6) is -0.0760. The molecule has 1 aromatic rings. The summed E-state index contributed by atoms with van der Waals surface area (Å²) in [6.45, 7) is 0. The van der Waals surface area contributed by atoms with E-state index in [4.69, 9.17) is 5.11 Å². The van der Waals surface area contributed by atoms with Crippen molar-refractivity contribution < 1.29 is 31.4 Å². The monoisotopic (exact) mass is 351 g/mol. The Morgan fingerprint density at radius 3 is 3.00 bits per heavy atom. The summed E-state index contributed by atoms with van der Waals surface area (Å²) in [5, 5.41) is 9.75. The smallest absolute Gasteiger partial charge is 0.343 e. The number of hydrogen-bond donors (Lipinski definition) is 1. The van der Waals surface area contributed by atoms with Crippen LogP contribution in [0.5, 0.6) is 0 Å². The predicted molar refractivity (Wildman–Crippen MR) is 57.5 cm³/mol. The Kier molecular flexibility index (Phi) is 4.36. The number of hydrogen-bond acceptors (Lipinski definition) is 2. The predicted octanol–water partition coefficient (Wildman–Crippen LogP) is -1.02. The van der Waals surface area contributed by atoms with Gasteiger partial charge in [0.2, 0.25) is 5.70 Å². The number of aromatic carboxylic acids is 1. The number of fused-ring (bicyclic) bond motifs is 1. The minimum atomic E-state index is -0.877. The zero-order valence-electron chi connectivity index (χ0n) is 7.48. The third-order valence-corrected chi connectivity index (χ3v) is 3.63. The van der Waals surface area contributed by atoms with Crippen molar-refractivity contribution in [1.82, 2.24) is 0 Å². The van der Waals surface area contributed by atoms with Gasteiger partial charge in [0.25, 0.3) is 5.03 Å². The zero-order chi connectivity index (χ0) is 10.1. The first kappa shape index (κ1) is 12.7. The number of thioether (sulfide) groups is 1. The number of pyridine rings is 1. The molecule has 6 heteroatoms. The van der Waals surface area contributed by atoms with Crippen LogP contribution in [0.3, 0.4) is 0 Å². The minimum absolute atomic E-state index is 0. The van der Waals surface area contributed by atoms with Crippen molar-refractivity contribution in [3.8, 4) is 0 Å². The second kappa shape index (κ2) is 5.14. The van der Waals surface area contributed by atoms with Gasteiger partial charge in [-0.05, 0) is 17.8 Å². The van der Waals surface area contributed by atoms with Crippen LogP contribution in [0.1, 0.15) is 10.4 Å². The molecule has 1 aliphatic heterocycles. The Labute approximate surface area is 110 Å². The largest absolute Gasteiger partial charge is 1.00 e. The second-order valence-electron chi connectivity index (χ2n) is 2.79. The van der Waals surface area contributed by atoms with Crippen molar-refractivity contribution in [3.05, 3.63) is 28.9 Å². The lowest BCUT2D eigenvalue weighted by Crippen LogP contribution is -3.00. The van der Waals surface area contributed by atoms with Crippen LogP contribution in [-0.4, -0.2) is 16.8 Å².